The number of nitro benzene ring substituents is 1. The van der Waals surface area contributed by atoms with Crippen LogP contribution in [0.2, 0.25) is 0 Å². The van der Waals surface area contributed by atoms with E-state index in [2.05, 4.69) is 0 Å². The van der Waals surface area contributed by atoms with Crippen molar-refractivity contribution in [3.63, 3.8) is 0 Å². The number of aryl methyl sites for hydroxylation is 1. The van der Waals surface area contributed by atoms with Gasteiger partial charge in [-0.1, -0.05) is 42.7 Å². The molecule has 2 aromatic carbocycles. The highest BCUT2D eigenvalue weighted by Gasteiger charge is 2.53. The molecule has 0 spiro atoms. The summed E-state index contributed by atoms with van der Waals surface area (Å²) in [6, 6.07) is 10.5. The Labute approximate surface area is 196 Å². The molecule has 9 nitrogen and oxygen atoms in total. The molecule has 0 unspecified atom stereocenters. The van der Waals surface area contributed by atoms with Crippen LogP contribution in [0.3, 0.4) is 0 Å². The molecule has 2 fully saturated rings. The van der Waals surface area contributed by atoms with E-state index in [1.54, 1.807) is 24.3 Å². The Kier molecular flexibility index (Phi) is 6.28. The predicted molar refractivity (Wildman–Crippen MR) is 122 cm³/mol. The number of carbonyl (C=O) groups excluding carboxylic acids is 4. The van der Waals surface area contributed by atoms with Crippen molar-refractivity contribution in [3.05, 3.63) is 75.3 Å². The summed E-state index contributed by atoms with van der Waals surface area (Å²) in [5.41, 5.74) is 1.13. The van der Waals surface area contributed by atoms with Crippen molar-refractivity contribution in [2.75, 3.05) is 0 Å². The highest BCUT2D eigenvalue weighted by Crippen LogP contribution is 2.39. The predicted octanol–water partition coefficient (Wildman–Crippen LogP) is 3.71. The van der Waals surface area contributed by atoms with Gasteiger partial charge in [0.2, 0.25) is 0 Å². The maximum absolute atomic E-state index is 13.6. The number of ketones is 1. The number of hydrogen-bond acceptors (Lipinski definition) is 6. The molecule has 9 heteroatoms. The summed E-state index contributed by atoms with van der Waals surface area (Å²) in [5, 5.41) is 12.8. The van der Waals surface area contributed by atoms with Crippen LogP contribution < -0.4 is 0 Å². The minimum atomic E-state index is -1.15. The van der Waals surface area contributed by atoms with E-state index >= 15 is 0 Å². The molecule has 1 aliphatic heterocycles. The Balaban J connectivity index is 1.74. The first-order chi connectivity index (χ1) is 16.2. The zero-order valence-electron chi connectivity index (χ0n) is 19.0. The van der Waals surface area contributed by atoms with Gasteiger partial charge in [-0.3, -0.25) is 29.3 Å². The quantitative estimate of drug-likeness (QED) is 0.279. The number of nitrogens with zero attached hydrogens (tertiary/aromatic N) is 3. The minimum Gasteiger partial charge on any atom is -0.292 e. The molecule has 3 atom stereocenters. The second-order valence-electron chi connectivity index (χ2n) is 8.85. The molecule has 0 radical (unpaired) electrons. The standard InChI is InChI=1S/C25H25N3O6/c1-15-7-9-17(10-8-15)22(29)16(2)26(23(30)18-11-13-19(14-12-18)28(33)34)27-24(31)20-5-3-4-6-21(20)25(27)32/h7-14,16,20-21H,3-6H2,1-2H3/t16-,20-,21+/m0/s1. The van der Waals surface area contributed by atoms with E-state index in [0.717, 1.165) is 28.4 Å². The van der Waals surface area contributed by atoms with Crippen LogP contribution in [0.5, 0.6) is 0 Å². The fourth-order valence-corrected chi connectivity index (χ4v) is 4.73. The van der Waals surface area contributed by atoms with Gasteiger partial charge in [-0.25, -0.2) is 5.01 Å². The molecule has 1 saturated heterocycles. The van der Waals surface area contributed by atoms with E-state index in [9.17, 15) is 29.3 Å². The summed E-state index contributed by atoms with van der Waals surface area (Å²) in [6.45, 7) is 3.36. The van der Waals surface area contributed by atoms with Crippen LogP contribution in [0, 0.1) is 28.9 Å². The SMILES string of the molecule is Cc1ccc(C(=O)[C@H](C)N(C(=O)c2ccc([N+](=O)[O-])cc2)N2C(=O)[C@H]3CCCC[C@H]3C2=O)cc1. The maximum Gasteiger partial charge on any atom is 0.273 e. The lowest BCUT2D eigenvalue weighted by atomic mass is 9.81. The molecule has 0 N–H and O–H groups in total. The highest BCUT2D eigenvalue weighted by molar-refractivity contribution is 6.10. The third-order valence-corrected chi connectivity index (χ3v) is 6.65. The van der Waals surface area contributed by atoms with Gasteiger partial charge in [-0.2, -0.15) is 5.01 Å². The topological polar surface area (TPSA) is 118 Å². The number of Topliss-reactive ketones (excluding diaryl/α,β-unsaturated/α-hetero) is 1. The van der Waals surface area contributed by atoms with Gasteiger partial charge in [-0.15, -0.1) is 0 Å². The first-order valence-electron chi connectivity index (χ1n) is 11.3. The van der Waals surface area contributed by atoms with Gasteiger partial charge in [0.25, 0.3) is 23.4 Å². The van der Waals surface area contributed by atoms with E-state index in [1.165, 1.54) is 31.2 Å². The molecule has 1 saturated carbocycles. The van der Waals surface area contributed by atoms with Crippen LogP contribution >= 0.6 is 0 Å². The van der Waals surface area contributed by atoms with E-state index < -0.39 is 46.3 Å². The van der Waals surface area contributed by atoms with Crippen LogP contribution in [0.1, 0.15) is 58.9 Å². The fourth-order valence-electron chi connectivity index (χ4n) is 4.73. The summed E-state index contributed by atoms with van der Waals surface area (Å²) in [4.78, 5) is 63.9. The first-order valence-corrected chi connectivity index (χ1v) is 11.3. The van der Waals surface area contributed by atoms with E-state index in [4.69, 9.17) is 0 Å². The molecule has 1 heterocycles. The van der Waals surface area contributed by atoms with Gasteiger partial charge in [-0.05, 0) is 38.8 Å². The summed E-state index contributed by atoms with van der Waals surface area (Å²) in [5.74, 6) is -3.14. The van der Waals surface area contributed by atoms with Crippen LogP contribution in [-0.4, -0.2) is 44.5 Å². The van der Waals surface area contributed by atoms with Crippen molar-refractivity contribution in [2.24, 2.45) is 11.8 Å². The van der Waals surface area contributed by atoms with Gasteiger partial charge < -0.3 is 0 Å². The Morgan fingerprint density at radius 2 is 1.44 bits per heavy atom. The summed E-state index contributed by atoms with van der Waals surface area (Å²) >= 11 is 0. The van der Waals surface area contributed by atoms with Gasteiger partial charge in [0.15, 0.2) is 5.78 Å². The zero-order valence-corrected chi connectivity index (χ0v) is 19.0. The Morgan fingerprint density at radius 1 is 0.941 bits per heavy atom. The number of fused-ring (bicyclic) bond motifs is 1. The molecule has 2 aromatic rings. The van der Waals surface area contributed by atoms with Crippen LogP contribution in [-0.2, 0) is 9.59 Å². The molecule has 0 bridgehead atoms. The number of imide groups is 1. The summed E-state index contributed by atoms with van der Waals surface area (Å²) in [6.07, 6.45) is 2.77. The molecule has 1 aliphatic carbocycles. The van der Waals surface area contributed by atoms with Gasteiger partial charge >= 0.3 is 0 Å². The van der Waals surface area contributed by atoms with Crippen molar-refractivity contribution in [2.45, 2.75) is 45.6 Å². The lowest BCUT2D eigenvalue weighted by Crippen LogP contribution is -2.56. The Bertz CT molecular complexity index is 1130. The lowest BCUT2D eigenvalue weighted by molar-refractivity contribution is -0.384. The van der Waals surface area contributed by atoms with Crippen molar-refractivity contribution in [3.8, 4) is 0 Å². The molecule has 0 aromatic heterocycles. The monoisotopic (exact) mass is 463 g/mol. The molecular formula is C25H25N3O6. The maximum atomic E-state index is 13.6. The normalized spacial score (nSPS) is 20.6. The average Bonchev–Trinajstić information content (AvgIpc) is 3.09. The fraction of sp³-hybridized carbons (Fsp3) is 0.360. The third-order valence-electron chi connectivity index (χ3n) is 6.65. The molecule has 34 heavy (non-hydrogen) atoms. The number of rotatable bonds is 6. The Hall–Kier alpha value is -3.88. The molecule has 2 aliphatic rings. The van der Waals surface area contributed by atoms with Crippen molar-refractivity contribution < 1.29 is 24.1 Å². The van der Waals surface area contributed by atoms with E-state index in [1.807, 2.05) is 6.92 Å². The minimum absolute atomic E-state index is 0.0321. The first kappa shape index (κ1) is 23.3. The largest absolute Gasteiger partial charge is 0.292 e. The third kappa shape index (κ3) is 4.09. The molecule has 176 valence electrons. The van der Waals surface area contributed by atoms with Crippen LogP contribution in [0.15, 0.2) is 48.5 Å². The highest BCUT2D eigenvalue weighted by atomic mass is 16.6. The number of non-ortho nitro benzene ring substituents is 1. The van der Waals surface area contributed by atoms with E-state index in [0.29, 0.717) is 18.4 Å². The number of carbonyl (C=O) groups is 4. The second kappa shape index (κ2) is 9.17. The molecule has 4 rings (SSSR count). The van der Waals surface area contributed by atoms with Crippen molar-refractivity contribution in [1.29, 1.82) is 0 Å². The second-order valence-corrected chi connectivity index (χ2v) is 8.85. The number of hydrogen-bond donors (Lipinski definition) is 0. The zero-order chi connectivity index (χ0) is 24.6. The van der Waals surface area contributed by atoms with Crippen LogP contribution in [0.25, 0.3) is 0 Å². The molecular weight excluding hydrogens is 438 g/mol. The van der Waals surface area contributed by atoms with Gasteiger partial charge in [0, 0.05) is 23.3 Å². The number of hydrazine groups is 1. The smallest absolute Gasteiger partial charge is 0.273 e. The molecule has 3 amide bonds. The van der Waals surface area contributed by atoms with Crippen LogP contribution in [0.4, 0.5) is 5.69 Å². The number of benzene rings is 2. The van der Waals surface area contributed by atoms with Crippen molar-refractivity contribution >= 4 is 29.2 Å². The number of amides is 3. The average molecular weight is 463 g/mol. The Morgan fingerprint density at radius 3 is 1.94 bits per heavy atom. The van der Waals surface area contributed by atoms with Gasteiger partial charge in [0.05, 0.1) is 16.8 Å². The van der Waals surface area contributed by atoms with E-state index in [-0.39, 0.29) is 11.3 Å². The summed E-state index contributed by atoms with van der Waals surface area (Å²) in [7, 11) is 0. The van der Waals surface area contributed by atoms with Crippen molar-refractivity contribution in [1.82, 2.24) is 10.0 Å². The lowest BCUT2D eigenvalue weighted by Gasteiger charge is -2.34. The summed E-state index contributed by atoms with van der Waals surface area (Å²) < 4.78 is 0. The number of nitro groups is 1. The van der Waals surface area contributed by atoms with Gasteiger partial charge in [0.1, 0.15) is 6.04 Å².